The molecule has 0 spiro atoms. The number of nitrogens with zero attached hydrogens (tertiary/aromatic N) is 2. The lowest BCUT2D eigenvalue weighted by Crippen LogP contribution is -2.28. The average molecular weight is 209 g/mol. The minimum atomic E-state index is -0.0748. The maximum Gasteiger partial charge on any atom is 0.327 e. The van der Waals surface area contributed by atoms with Crippen LogP contribution in [0.5, 0.6) is 0 Å². The van der Waals surface area contributed by atoms with E-state index in [9.17, 15) is 9.59 Å². The molecular weight excluding hydrogens is 194 g/mol. The molecule has 1 aliphatic carbocycles. The largest absolute Gasteiger partial charge is 0.353 e. The van der Waals surface area contributed by atoms with Crippen molar-refractivity contribution in [2.24, 2.45) is 7.05 Å². The average Bonchev–Trinajstić information content (AvgIpc) is 2.95. The molecule has 1 aromatic heterocycles. The lowest BCUT2D eigenvalue weighted by atomic mass is 10.4. The fourth-order valence-electron chi connectivity index (χ4n) is 1.43. The lowest BCUT2D eigenvalue weighted by Gasteiger charge is -2.03. The predicted molar refractivity (Wildman–Crippen MR) is 55.5 cm³/mol. The molecule has 5 heteroatoms. The first-order chi connectivity index (χ1) is 7.16. The van der Waals surface area contributed by atoms with E-state index in [1.54, 1.807) is 24.0 Å². The van der Waals surface area contributed by atoms with E-state index in [-0.39, 0.29) is 11.6 Å². The maximum atomic E-state index is 11.4. The van der Waals surface area contributed by atoms with E-state index in [0.29, 0.717) is 19.0 Å². The van der Waals surface area contributed by atoms with Crippen LogP contribution >= 0.6 is 0 Å². The molecule has 0 atom stereocenters. The van der Waals surface area contributed by atoms with Crippen molar-refractivity contribution in [1.29, 1.82) is 0 Å². The van der Waals surface area contributed by atoms with Crippen LogP contribution in [0.15, 0.2) is 17.2 Å². The van der Waals surface area contributed by atoms with Gasteiger partial charge >= 0.3 is 5.69 Å². The summed E-state index contributed by atoms with van der Waals surface area (Å²) in [6.07, 6.45) is 5.96. The summed E-state index contributed by atoms with van der Waals surface area (Å²) in [5.74, 6) is 0.0354. The van der Waals surface area contributed by atoms with Gasteiger partial charge in [-0.2, -0.15) is 0 Å². The van der Waals surface area contributed by atoms with Crippen LogP contribution in [0.3, 0.4) is 0 Å². The molecule has 1 N–H and O–H groups in total. The molecule has 5 nitrogen and oxygen atoms in total. The number of hydrogen-bond donors (Lipinski definition) is 1. The topological polar surface area (TPSA) is 56.0 Å². The zero-order valence-electron chi connectivity index (χ0n) is 8.77. The molecule has 15 heavy (non-hydrogen) atoms. The number of nitrogens with one attached hydrogen (secondary N) is 1. The van der Waals surface area contributed by atoms with Gasteiger partial charge in [0.2, 0.25) is 5.91 Å². The van der Waals surface area contributed by atoms with Gasteiger partial charge in [-0.15, -0.1) is 0 Å². The summed E-state index contributed by atoms with van der Waals surface area (Å²) in [4.78, 5) is 22.8. The summed E-state index contributed by atoms with van der Waals surface area (Å²) >= 11 is 0. The molecule has 1 aliphatic rings. The Morgan fingerprint density at radius 1 is 1.53 bits per heavy atom. The minimum Gasteiger partial charge on any atom is -0.353 e. The summed E-state index contributed by atoms with van der Waals surface area (Å²) in [6, 6.07) is 0.394. The van der Waals surface area contributed by atoms with Crippen molar-refractivity contribution in [2.45, 2.75) is 31.8 Å². The van der Waals surface area contributed by atoms with Crippen LogP contribution in [0.25, 0.3) is 0 Å². The number of amides is 1. The Bertz CT molecular complexity index is 415. The molecule has 82 valence electrons. The van der Waals surface area contributed by atoms with Gasteiger partial charge in [-0.25, -0.2) is 4.79 Å². The van der Waals surface area contributed by atoms with Gasteiger partial charge in [0.25, 0.3) is 0 Å². The van der Waals surface area contributed by atoms with Crippen LogP contribution < -0.4 is 11.0 Å². The van der Waals surface area contributed by atoms with E-state index >= 15 is 0 Å². The molecule has 2 rings (SSSR count). The Labute approximate surface area is 87.7 Å². The first kappa shape index (κ1) is 10.0. The van der Waals surface area contributed by atoms with Crippen molar-refractivity contribution in [1.82, 2.24) is 14.5 Å². The van der Waals surface area contributed by atoms with Gasteiger partial charge in [0.05, 0.1) is 0 Å². The molecule has 1 heterocycles. The number of imidazole rings is 1. The minimum absolute atomic E-state index is 0.0354. The first-order valence-corrected chi connectivity index (χ1v) is 5.18. The monoisotopic (exact) mass is 209 g/mol. The van der Waals surface area contributed by atoms with Gasteiger partial charge in [-0.1, -0.05) is 0 Å². The van der Waals surface area contributed by atoms with Gasteiger partial charge < -0.3 is 9.88 Å². The Hall–Kier alpha value is -1.52. The smallest absolute Gasteiger partial charge is 0.327 e. The molecule has 0 radical (unpaired) electrons. The molecular formula is C10H15N3O2. The second-order valence-corrected chi connectivity index (χ2v) is 3.98. The SMILES string of the molecule is Cn1ccn(CCC(=O)NC2CC2)c1=O. The van der Waals surface area contributed by atoms with Gasteiger partial charge in [0.15, 0.2) is 0 Å². The van der Waals surface area contributed by atoms with Crippen LogP contribution in [0.2, 0.25) is 0 Å². The Kier molecular flexibility index (Phi) is 2.62. The van der Waals surface area contributed by atoms with Crippen molar-refractivity contribution >= 4 is 5.91 Å². The summed E-state index contributed by atoms with van der Waals surface area (Å²) in [5, 5.41) is 2.89. The second-order valence-electron chi connectivity index (χ2n) is 3.98. The number of aryl methyl sites for hydroxylation is 2. The number of carbonyl (C=O) groups excluding carboxylic acids is 1. The zero-order chi connectivity index (χ0) is 10.8. The van der Waals surface area contributed by atoms with Crippen LogP contribution in [0.1, 0.15) is 19.3 Å². The molecule has 1 aromatic rings. The maximum absolute atomic E-state index is 11.4. The summed E-state index contributed by atoms with van der Waals surface area (Å²) in [6.45, 7) is 0.457. The van der Waals surface area contributed by atoms with E-state index in [2.05, 4.69) is 5.32 Å². The highest BCUT2D eigenvalue weighted by Crippen LogP contribution is 2.18. The molecule has 0 aliphatic heterocycles. The molecule has 1 fully saturated rings. The van der Waals surface area contributed by atoms with Crippen LogP contribution in [0, 0.1) is 0 Å². The number of hydrogen-bond acceptors (Lipinski definition) is 2. The third-order valence-electron chi connectivity index (χ3n) is 2.54. The number of rotatable bonds is 4. The summed E-state index contributed by atoms with van der Waals surface area (Å²) < 4.78 is 3.05. The third kappa shape index (κ3) is 2.49. The fraction of sp³-hybridized carbons (Fsp3) is 0.600. The van der Waals surface area contributed by atoms with E-state index in [0.717, 1.165) is 12.8 Å². The van der Waals surface area contributed by atoms with Crippen molar-refractivity contribution in [2.75, 3.05) is 0 Å². The zero-order valence-corrected chi connectivity index (χ0v) is 8.77. The van der Waals surface area contributed by atoms with Crippen molar-refractivity contribution in [3.05, 3.63) is 22.9 Å². The summed E-state index contributed by atoms with van der Waals surface area (Å²) in [7, 11) is 1.70. The Morgan fingerprint density at radius 2 is 2.27 bits per heavy atom. The third-order valence-corrected chi connectivity index (χ3v) is 2.54. The van der Waals surface area contributed by atoms with E-state index in [4.69, 9.17) is 0 Å². The van der Waals surface area contributed by atoms with Gasteiger partial charge in [-0.05, 0) is 12.8 Å². The van der Waals surface area contributed by atoms with Crippen LogP contribution in [-0.2, 0) is 18.4 Å². The van der Waals surface area contributed by atoms with Crippen molar-refractivity contribution in [3.63, 3.8) is 0 Å². The van der Waals surface area contributed by atoms with Crippen molar-refractivity contribution in [3.8, 4) is 0 Å². The lowest BCUT2D eigenvalue weighted by molar-refractivity contribution is -0.121. The predicted octanol–water partition coefficient (Wildman–Crippen LogP) is -0.145. The molecule has 0 saturated heterocycles. The molecule has 1 saturated carbocycles. The normalized spacial score (nSPS) is 15.3. The van der Waals surface area contributed by atoms with Gasteiger partial charge in [0, 0.05) is 38.4 Å². The highest BCUT2D eigenvalue weighted by Gasteiger charge is 2.22. The molecule has 0 unspecified atom stereocenters. The van der Waals surface area contributed by atoms with Gasteiger partial charge in [0.1, 0.15) is 0 Å². The highest BCUT2D eigenvalue weighted by atomic mass is 16.2. The first-order valence-electron chi connectivity index (χ1n) is 5.18. The van der Waals surface area contributed by atoms with E-state index in [1.807, 2.05) is 0 Å². The standard InChI is InChI=1S/C10H15N3O2/c1-12-6-7-13(10(12)15)5-4-9(14)11-8-2-3-8/h6-8H,2-5H2,1H3,(H,11,14). The quantitative estimate of drug-likeness (QED) is 0.750. The summed E-state index contributed by atoms with van der Waals surface area (Å²) in [5.41, 5.74) is -0.0748. The number of aromatic nitrogens is 2. The van der Waals surface area contributed by atoms with E-state index < -0.39 is 0 Å². The highest BCUT2D eigenvalue weighted by molar-refractivity contribution is 5.76. The molecule has 1 amide bonds. The fourth-order valence-corrected chi connectivity index (χ4v) is 1.43. The van der Waals surface area contributed by atoms with Gasteiger partial charge in [-0.3, -0.25) is 9.36 Å². The Balaban J connectivity index is 1.84. The Morgan fingerprint density at radius 3 is 2.80 bits per heavy atom. The second kappa shape index (κ2) is 3.92. The number of carbonyl (C=O) groups is 1. The molecule has 0 bridgehead atoms. The van der Waals surface area contributed by atoms with Crippen LogP contribution in [-0.4, -0.2) is 21.1 Å². The molecule has 0 aromatic carbocycles. The van der Waals surface area contributed by atoms with Crippen LogP contribution in [0.4, 0.5) is 0 Å². The van der Waals surface area contributed by atoms with E-state index in [1.165, 1.54) is 4.57 Å². The van der Waals surface area contributed by atoms with Crippen molar-refractivity contribution < 1.29 is 4.79 Å².